The number of para-hydroxylation sites is 2. The van der Waals surface area contributed by atoms with Crippen LogP contribution in [0, 0.1) is 6.92 Å². The lowest BCUT2D eigenvalue weighted by Crippen LogP contribution is -2.25. The fraction of sp³-hybridized carbons (Fsp3) is 0.357. The lowest BCUT2D eigenvalue weighted by molar-refractivity contribution is -0.143. The van der Waals surface area contributed by atoms with E-state index in [9.17, 15) is 9.59 Å². The minimum absolute atomic E-state index is 0.124. The Kier molecular flexibility index (Phi) is 6.49. The van der Waals surface area contributed by atoms with Crippen LogP contribution in [0.5, 0.6) is 0 Å². The summed E-state index contributed by atoms with van der Waals surface area (Å²) in [6, 6.07) is 15.4. The summed E-state index contributed by atoms with van der Waals surface area (Å²) >= 11 is 0. The van der Waals surface area contributed by atoms with Crippen molar-refractivity contribution in [2.75, 3.05) is 6.61 Å². The van der Waals surface area contributed by atoms with Crippen molar-refractivity contribution in [2.45, 2.75) is 58.4 Å². The van der Waals surface area contributed by atoms with Crippen molar-refractivity contribution in [3.8, 4) is 0 Å². The first-order chi connectivity index (χ1) is 17.1. The predicted molar refractivity (Wildman–Crippen MR) is 138 cm³/mol. The number of aromatic nitrogens is 3. The summed E-state index contributed by atoms with van der Waals surface area (Å²) in [4.78, 5) is 30.7. The molecule has 0 N–H and O–H groups in total. The Morgan fingerprint density at radius 2 is 1.80 bits per heavy atom. The average molecular weight is 471 g/mol. The molecule has 7 heteroatoms. The Morgan fingerprint density at radius 3 is 2.57 bits per heavy atom. The largest absolute Gasteiger partial charge is 0.465 e. The second-order valence-electron chi connectivity index (χ2n) is 9.09. The monoisotopic (exact) mass is 470 g/mol. The van der Waals surface area contributed by atoms with Crippen LogP contribution in [0.4, 0.5) is 0 Å². The van der Waals surface area contributed by atoms with Crippen LogP contribution in [0.1, 0.15) is 62.0 Å². The van der Waals surface area contributed by atoms with Crippen molar-refractivity contribution >= 4 is 34.0 Å². The van der Waals surface area contributed by atoms with Crippen LogP contribution in [0.3, 0.4) is 0 Å². The molecule has 0 radical (unpaired) electrons. The van der Waals surface area contributed by atoms with E-state index in [0.29, 0.717) is 17.5 Å². The van der Waals surface area contributed by atoms with Gasteiger partial charge in [-0.15, -0.1) is 0 Å². The van der Waals surface area contributed by atoms with Gasteiger partial charge >= 0.3 is 5.97 Å². The van der Waals surface area contributed by atoms with Crippen LogP contribution in [0.15, 0.2) is 58.4 Å². The molecular formula is C28H30N4O3. The van der Waals surface area contributed by atoms with E-state index in [0.717, 1.165) is 53.7 Å². The third kappa shape index (κ3) is 4.38. The molecule has 2 aromatic heterocycles. The van der Waals surface area contributed by atoms with Gasteiger partial charge in [-0.05, 0) is 44.9 Å². The van der Waals surface area contributed by atoms with Gasteiger partial charge in [-0.2, -0.15) is 9.78 Å². The highest BCUT2D eigenvalue weighted by Gasteiger charge is 2.23. The number of benzene rings is 2. The minimum atomic E-state index is -0.283. The lowest BCUT2D eigenvalue weighted by atomic mass is 9.88. The smallest absolute Gasteiger partial charge is 0.325 e. The number of hydrogen-bond donors (Lipinski definition) is 0. The van der Waals surface area contributed by atoms with Gasteiger partial charge in [0.15, 0.2) is 0 Å². The standard InChI is InChI=1S/C28H30N4O3/c1-3-35-26(33)18-31-19(2)23(21-13-8-10-16-25(21)31)17-29-32-27(20-11-5-4-6-12-20)30-24-15-9-7-14-22(24)28(32)34/h7-10,13-17,20H,3-6,11-12,18H2,1-2H3. The highest BCUT2D eigenvalue weighted by atomic mass is 16.5. The molecule has 0 spiro atoms. The lowest BCUT2D eigenvalue weighted by Gasteiger charge is -2.22. The molecule has 0 bridgehead atoms. The molecule has 2 heterocycles. The van der Waals surface area contributed by atoms with Crippen molar-refractivity contribution in [3.63, 3.8) is 0 Å². The Bertz CT molecular complexity index is 1480. The molecule has 1 aliphatic rings. The van der Waals surface area contributed by atoms with Gasteiger partial charge in [0.25, 0.3) is 5.56 Å². The number of carbonyl (C=O) groups is 1. The van der Waals surface area contributed by atoms with Crippen molar-refractivity contribution in [2.24, 2.45) is 5.10 Å². The van der Waals surface area contributed by atoms with E-state index in [1.54, 1.807) is 19.2 Å². The molecule has 1 saturated carbocycles. The van der Waals surface area contributed by atoms with Gasteiger partial charge in [0.1, 0.15) is 12.4 Å². The zero-order valence-corrected chi connectivity index (χ0v) is 20.2. The minimum Gasteiger partial charge on any atom is -0.465 e. The van der Waals surface area contributed by atoms with Gasteiger partial charge in [-0.3, -0.25) is 9.59 Å². The van der Waals surface area contributed by atoms with E-state index in [-0.39, 0.29) is 24.0 Å². The zero-order valence-electron chi connectivity index (χ0n) is 20.2. The fourth-order valence-electron chi connectivity index (χ4n) is 5.15. The molecule has 2 aromatic carbocycles. The second kappa shape index (κ2) is 9.86. The molecule has 1 aliphatic carbocycles. The summed E-state index contributed by atoms with van der Waals surface area (Å²) in [6.45, 7) is 4.23. The number of rotatable bonds is 6. The van der Waals surface area contributed by atoms with Crippen LogP contribution in [0.2, 0.25) is 0 Å². The summed E-state index contributed by atoms with van der Waals surface area (Å²) in [5, 5.41) is 6.26. The quantitative estimate of drug-likeness (QED) is 0.288. The molecule has 0 amide bonds. The molecule has 1 fully saturated rings. The zero-order chi connectivity index (χ0) is 24.4. The van der Waals surface area contributed by atoms with Gasteiger partial charge in [-0.1, -0.05) is 49.6 Å². The highest BCUT2D eigenvalue weighted by molar-refractivity contribution is 6.01. The maximum absolute atomic E-state index is 13.5. The van der Waals surface area contributed by atoms with Crippen molar-refractivity contribution in [1.29, 1.82) is 0 Å². The summed E-state index contributed by atoms with van der Waals surface area (Å²) in [5.41, 5.74) is 3.26. The van der Waals surface area contributed by atoms with Crippen LogP contribution in [-0.2, 0) is 16.1 Å². The Labute approximate surface area is 204 Å². The Morgan fingerprint density at radius 1 is 1.09 bits per heavy atom. The summed E-state index contributed by atoms with van der Waals surface area (Å²) < 4.78 is 8.62. The van der Waals surface area contributed by atoms with Gasteiger partial charge in [-0.25, -0.2) is 4.98 Å². The van der Waals surface area contributed by atoms with E-state index < -0.39 is 0 Å². The molecule has 4 aromatic rings. The molecule has 0 atom stereocenters. The van der Waals surface area contributed by atoms with Crippen LogP contribution in [0.25, 0.3) is 21.8 Å². The summed E-state index contributed by atoms with van der Waals surface area (Å²) in [6.07, 6.45) is 7.26. The number of nitrogens with zero attached hydrogens (tertiary/aromatic N) is 4. The number of esters is 1. The van der Waals surface area contributed by atoms with Gasteiger partial charge in [0.05, 0.1) is 23.7 Å². The topological polar surface area (TPSA) is 78.5 Å². The molecule has 7 nitrogen and oxygen atoms in total. The third-order valence-corrected chi connectivity index (χ3v) is 6.92. The number of fused-ring (bicyclic) bond motifs is 2. The van der Waals surface area contributed by atoms with Gasteiger partial charge in [0, 0.05) is 28.1 Å². The first-order valence-corrected chi connectivity index (χ1v) is 12.4. The fourth-order valence-corrected chi connectivity index (χ4v) is 5.15. The summed E-state index contributed by atoms with van der Waals surface area (Å²) in [7, 11) is 0. The first-order valence-electron chi connectivity index (χ1n) is 12.4. The SMILES string of the molecule is CCOC(=O)Cn1c(C)c(C=Nn2c(C3CCCCC3)nc3ccccc3c2=O)c2ccccc21. The van der Waals surface area contributed by atoms with E-state index in [1.165, 1.54) is 11.1 Å². The van der Waals surface area contributed by atoms with E-state index in [1.807, 2.05) is 54.0 Å². The van der Waals surface area contributed by atoms with Crippen molar-refractivity contribution < 1.29 is 9.53 Å². The molecule has 5 rings (SSSR count). The van der Waals surface area contributed by atoms with Crippen LogP contribution < -0.4 is 5.56 Å². The van der Waals surface area contributed by atoms with Crippen LogP contribution >= 0.6 is 0 Å². The van der Waals surface area contributed by atoms with Crippen molar-refractivity contribution in [3.05, 3.63) is 76.0 Å². The highest BCUT2D eigenvalue weighted by Crippen LogP contribution is 2.32. The van der Waals surface area contributed by atoms with E-state index in [4.69, 9.17) is 14.8 Å². The van der Waals surface area contributed by atoms with E-state index >= 15 is 0 Å². The number of ether oxygens (including phenoxy) is 1. The predicted octanol–water partition coefficient (Wildman–Crippen LogP) is 5.15. The van der Waals surface area contributed by atoms with Gasteiger partial charge < -0.3 is 9.30 Å². The second-order valence-corrected chi connectivity index (χ2v) is 9.09. The average Bonchev–Trinajstić information content (AvgIpc) is 3.14. The maximum atomic E-state index is 13.5. The Balaban J connectivity index is 1.64. The normalized spacial score (nSPS) is 14.8. The molecule has 180 valence electrons. The van der Waals surface area contributed by atoms with Gasteiger partial charge in [0.2, 0.25) is 0 Å². The number of hydrogen-bond acceptors (Lipinski definition) is 5. The molecule has 0 saturated heterocycles. The maximum Gasteiger partial charge on any atom is 0.325 e. The number of carbonyl (C=O) groups excluding carboxylic acids is 1. The third-order valence-electron chi connectivity index (χ3n) is 6.92. The molecule has 0 aliphatic heterocycles. The van der Waals surface area contributed by atoms with Crippen LogP contribution in [-0.4, -0.2) is 33.0 Å². The molecule has 0 unspecified atom stereocenters. The Hall–Kier alpha value is -3.74. The molecule has 35 heavy (non-hydrogen) atoms. The van der Waals surface area contributed by atoms with Crippen molar-refractivity contribution in [1.82, 2.24) is 14.2 Å². The molecular weight excluding hydrogens is 440 g/mol. The van der Waals surface area contributed by atoms with E-state index in [2.05, 4.69) is 0 Å². The first kappa shape index (κ1) is 23.0. The summed E-state index contributed by atoms with van der Waals surface area (Å²) in [5.74, 6) is 0.663.